The minimum Gasteiger partial charge on any atom is -0.492 e. The third-order valence-corrected chi connectivity index (χ3v) is 2.37. The second kappa shape index (κ2) is 5.49. The molecule has 0 atom stereocenters. The van der Waals surface area contributed by atoms with Crippen molar-refractivity contribution in [3.63, 3.8) is 0 Å². The lowest BCUT2D eigenvalue weighted by molar-refractivity contribution is -0.119. The van der Waals surface area contributed by atoms with E-state index in [1.807, 2.05) is 0 Å². The highest BCUT2D eigenvalue weighted by Crippen LogP contribution is 2.30. The van der Waals surface area contributed by atoms with Gasteiger partial charge in [0, 0.05) is 12.7 Å². The van der Waals surface area contributed by atoms with Crippen LogP contribution in [0.2, 0.25) is 5.02 Å². The van der Waals surface area contributed by atoms with E-state index in [0.29, 0.717) is 23.1 Å². The van der Waals surface area contributed by atoms with Crippen LogP contribution in [0.4, 0.5) is 18.9 Å². The molecular weight excluding hydrogens is 255 g/mol. The maximum absolute atomic E-state index is 12.2. The predicted molar refractivity (Wildman–Crippen MR) is 61.9 cm³/mol. The second-order valence-corrected chi connectivity index (χ2v) is 3.93. The Hall–Kier alpha value is -1.10. The number of benzene rings is 1. The van der Waals surface area contributed by atoms with Gasteiger partial charge in [0.15, 0.2) is 0 Å². The summed E-state index contributed by atoms with van der Waals surface area (Å²) in [5.41, 5.74) is 0.399. The Labute approximate surface area is 103 Å². The van der Waals surface area contributed by atoms with Crippen LogP contribution < -0.4 is 9.64 Å². The lowest BCUT2D eigenvalue weighted by Gasteiger charge is -2.21. The van der Waals surface area contributed by atoms with E-state index in [1.54, 1.807) is 19.1 Å². The van der Waals surface area contributed by atoms with E-state index in [2.05, 4.69) is 0 Å². The van der Waals surface area contributed by atoms with Crippen LogP contribution in [-0.2, 0) is 0 Å². The molecule has 2 nitrogen and oxygen atoms in total. The Morgan fingerprint density at radius 1 is 1.35 bits per heavy atom. The summed E-state index contributed by atoms with van der Waals surface area (Å²) >= 11 is 5.89. The van der Waals surface area contributed by atoms with Crippen molar-refractivity contribution in [2.24, 2.45) is 0 Å². The molecule has 0 unspecified atom stereocenters. The summed E-state index contributed by atoms with van der Waals surface area (Å²) in [6.45, 7) is 1.24. The van der Waals surface area contributed by atoms with Crippen LogP contribution in [0.3, 0.4) is 0 Å². The van der Waals surface area contributed by atoms with E-state index in [-0.39, 0.29) is 0 Å². The monoisotopic (exact) mass is 267 g/mol. The summed E-state index contributed by atoms with van der Waals surface area (Å²) in [6, 6.07) is 4.56. The zero-order valence-corrected chi connectivity index (χ0v) is 10.3. The molecule has 0 saturated heterocycles. The van der Waals surface area contributed by atoms with Crippen molar-refractivity contribution in [1.29, 1.82) is 0 Å². The number of ether oxygens (including phenoxy) is 1. The number of halogens is 4. The Kier molecular flexibility index (Phi) is 4.51. The summed E-state index contributed by atoms with van der Waals surface area (Å²) in [5.74, 6) is 0.471. The van der Waals surface area contributed by atoms with Gasteiger partial charge >= 0.3 is 6.18 Å². The Morgan fingerprint density at radius 3 is 2.47 bits per heavy atom. The molecule has 96 valence electrons. The molecule has 0 bridgehead atoms. The van der Waals surface area contributed by atoms with Gasteiger partial charge in [-0.25, -0.2) is 0 Å². The van der Waals surface area contributed by atoms with Gasteiger partial charge in [-0.05, 0) is 25.1 Å². The van der Waals surface area contributed by atoms with E-state index in [0.717, 1.165) is 4.90 Å². The quantitative estimate of drug-likeness (QED) is 0.824. The Bertz CT molecular complexity index is 381. The maximum Gasteiger partial charge on any atom is 0.405 e. The predicted octanol–water partition coefficient (Wildman–Crippen LogP) is 3.74. The molecule has 1 aromatic carbocycles. The number of hydrogen-bond donors (Lipinski definition) is 0. The van der Waals surface area contributed by atoms with Crippen LogP contribution in [0, 0.1) is 0 Å². The molecule has 0 spiro atoms. The zero-order chi connectivity index (χ0) is 13.1. The normalized spacial score (nSPS) is 11.4. The number of nitrogens with zero attached hydrogens (tertiary/aromatic N) is 1. The summed E-state index contributed by atoms with van der Waals surface area (Å²) in [7, 11) is 1.36. The third kappa shape index (κ3) is 4.34. The highest BCUT2D eigenvalue weighted by molar-refractivity contribution is 6.32. The van der Waals surface area contributed by atoms with Crippen LogP contribution in [0.25, 0.3) is 0 Å². The average Bonchev–Trinajstić information content (AvgIpc) is 2.18. The third-order valence-electron chi connectivity index (χ3n) is 2.07. The van der Waals surface area contributed by atoms with Crippen LogP contribution in [0.15, 0.2) is 18.2 Å². The molecule has 0 N–H and O–H groups in total. The smallest absolute Gasteiger partial charge is 0.405 e. The van der Waals surface area contributed by atoms with Crippen molar-refractivity contribution in [3.8, 4) is 5.75 Å². The van der Waals surface area contributed by atoms with Gasteiger partial charge in [0.2, 0.25) is 0 Å². The Morgan fingerprint density at radius 2 is 2.00 bits per heavy atom. The molecule has 0 aliphatic rings. The number of alkyl halides is 3. The summed E-state index contributed by atoms with van der Waals surface area (Å²) in [5, 5.41) is 0.304. The van der Waals surface area contributed by atoms with Gasteiger partial charge in [-0.15, -0.1) is 0 Å². The van der Waals surface area contributed by atoms with E-state index in [1.165, 1.54) is 13.1 Å². The first kappa shape index (κ1) is 14.0. The van der Waals surface area contributed by atoms with Crippen LogP contribution in [0.1, 0.15) is 6.92 Å². The van der Waals surface area contributed by atoms with Crippen molar-refractivity contribution in [2.75, 3.05) is 25.1 Å². The molecule has 1 aromatic rings. The summed E-state index contributed by atoms with van der Waals surface area (Å²) in [6.07, 6.45) is -4.24. The largest absolute Gasteiger partial charge is 0.492 e. The number of hydrogen-bond acceptors (Lipinski definition) is 2. The fourth-order valence-electron chi connectivity index (χ4n) is 1.36. The van der Waals surface area contributed by atoms with E-state index < -0.39 is 12.7 Å². The molecule has 0 radical (unpaired) electrons. The molecule has 0 aliphatic carbocycles. The SMILES string of the molecule is CCOc1ccc(N(C)CC(F)(F)F)cc1Cl. The van der Waals surface area contributed by atoms with Crippen molar-refractivity contribution in [3.05, 3.63) is 23.2 Å². The van der Waals surface area contributed by atoms with Gasteiger partial charge < -0.3 is 9.64 Å². The lowest BCUT2D eigenvalue weighted by atomic mass is 10.2. The van der Waals surface area contributed by atoms with Crippen molar-refractivity contribution in [1.82, 2.24) is 0 Å². The lowest BCUT2D eigenvalue weighted by Crippen LogP contribution is -2.30. The van der Waals surface area contributed by atoms with Gasteiger partial charge in [-0.2, -0.15) is 13.2 Å². The van der Waals surface area contributed by atoms with Gasteiger partial charge in [0.25, 0.3) is 0 Å². The fourth-order valence-corrected chi connectivity index (χ4v) is 1.59. The number of anilines is 1. The first-order chi connectivity index (χ1) is 7.83. The molecule has 0 amide bonds. The standard InChI is InChI=1S/C11H13ClF3NO/c1-3-17-10-5-4-8(6-9(10)12)16(2)7-11(13,14)15/h4-6H,3,7H2,1-2H3. The zero-order valence-electron chi connectivity index (χ0n) is 9.51. The highest BCUT2D eigenvalue weighted by Gasteiger charge is 2.29. The van der Waals surface area contributed by atoms with Crippen LogP contribution in [-0.4, -0.2) is 26.4 Å². The van der Waals surface area contributed by atoms with E-state index in [9.17, 15) is 13.2 Å². The molecule has 0 fully saturated rings. The molecule has 6 heteroatoms. The topological polar surface area (TPSA) is 12.5 Å². The molecule has 0 aromatic heterocycles. The van der Waals surface area contributed by atoms with Gasteiger partial charge in [0.05, 0.1) is 11.6 Å². The summed E-state index contributed by atoms with van der Waals surface area (Å²) in [4.78, 5) is 1.08. The van der Waals surface area contributed by atoms with Crippen molar-refractivity contribution < 1.29 is 17.9 Å². The maximum atomic E-state index is 12.2. The molecule has 17 heavy (non-hydrogen) atoms. The first-order valence-electron chi connectivity index (χ1n) is 5.03. The molecule has 0 heterocycles. The summed E-state index contributed by atoms with van der Waals surface area (Å²) < 4.78 is 41.8. The van der Waals surface area contributed by atoms with Gasteiger partial charge in [-0.1, -0.05) is 11.6 Å². The molecule has 1 rings (SSSR count). The molecular formula is C11H13ClF3NO. The average molecular weight is 268 g/mol. The highest BCUT2D eigenvalue weighted by atomic mass is 35.5. The number of rotatable bonds is 4. The Balaban J connectivity index is 2.82. The first-order valence-corrected chi connectivity index (χ1v) is 5.41. The van der Waals surface area contributed by atoms with Gasteiger partial charge in [0.1, 0.15) is 12.3 Å². The van der Waals surface area contributed by atoms with Crippen molar-refractivity contribution >= 4 is 17.3 Å². The minimum absolute atomic E-state index is 0.304. The van der Waals surface area contributed by atoms with Crippen LogP contribution in [0.5, 0.6) is 5.75 Å². The van der Waals surface area contributed by atoms with Crippen molar-refractivity contribution in [2.45, 2.75) is 13.1 Å². The van der Waals surface area contributed by atoms with E-state index in [4.69, 9.17) is 16.3 Å². The molecule has 0 saturated carbocycles. The van der Waals surface area contributed by atoms with E-state index >= 15 is 0 Å². The fraction of sp³-hybridized carbons (Fsp3) is 0.455. The van der Waals surface area contributed by atoms with Crippen LogP contribution >= 0.6 is 11.6 Å². The van der Waals surface area contributed by atoms with Gasteiger partial charge in [-0.3, -0.25) is 0 Å². The second-order valence-electron chi connectivity index (χ2n) is 3.52. The minimum atomic E-state index is -4.24. The molecule has 0 aliphatic heterocycles.